The summed E-state index contributed by atoms with van der Waals surface area (Å²) in [7, 11) is 0. The van der Waals surface area contributed by atoms with Gasteiger partial charge >= 0.3 is 0 Å². The maximum absolute atomic E-state index is 12.7. The number of hydrogen-bond acceptors (Lipinski definition) is 3. The Labute approximate surface area is 151 Å². The van der Waals surface area contributed by atoms with E-state index < -0.39 is 0 Å². The van der Waals surface area contributed by atoms with E-state index in [0.717, 1.165) is 0 Å². The zero-order valence-corrected chi connectivity index (χ0v) is 17.7. The summed E-state index contributed by atoms with van der Waals surface area (Å²) in [6.07, 6.45) is 0. The molecule has 1 aromatic carbocycles. The standard InChI is InChI=1S/C20H32OS2/c1-12(2)17(16(6)19(21)23-20(7,8)9)22-18-14(4)10-13(3)11-15(18)5/h10-12,16-17H,1-9H3/t16-,17-/m1/s1. The summed E-state index contributed by atoms with van der Waals surface area (Å²) in [6, 6.07) is 4.48. The molecular formula is C20H32OS2. The van der Waals surface area contributed by atoms with Crippen molar-refractivity contribution in [3.8, 4) is 0 Å². The van der Waals surface area contributed by atoms with Crippen molar-refractivity contribution in [3.63, 3.8) is 0 Å². The molecule has 0 spiro atoms. The molecule has 1 aromatic rings. The molecule has 0 saturated heterocycles. The van der Waals surface area contributed by atoms with E-state index in [1.807, 2.05) is 11.8 Å². The van der Waals surface area contributed by atoms with Gasteiger partial charge in [-0.15, -0.1) is 11.8 Å². The van der Waals surface area contributed by atoms with Gasteiger partial charge in [0.15, 0.2) is 5.12 Å². The fraction of sp³-hybridized carbons (Fsp3) is 0.650. The molecule has 0 unspecified atom stereocenters. The van der Waals surface area contributed by atoms with Gasteiger partial charge in [-0.05, 0) is 37.8 Å². The first-order valence-corrected chi connectivity index (χ1v) is 10.1. The van der Waals surface area contributed by atoms with Crippen molar-refractivity contribution < 1.29 is 4.79 Å². The molecule has 0 N–H and O–H groups in total. The third-order valence-corrected chi connectivity index (χ3v) is 7.08. The molecular weight excluding hydrogens is 320 g/mol. The third kappa shape index (κ3) is 6.19. The molecule has 2 atom stereocenters. The summed E-state index contributed by atoms with van der Waals surface area (Å²) < 4.78 is -0.0206. The van der Waals surface area contributed by atoms with E-state index in [4.69, 9.17) is 0 Å². The van der Waals surface area contributed by atoms with Crippen LogP contribution in [-0.2, 0) is 4.79 Å². The number of hydrogen-bond donors (Lipinski definition) is 0. The second-order valence-electron chi connectivity index (χ2n) is 7.88. The van der Waals surface area contributed by atoms with Crippen molar-refractivity contribution in [2.45, 2.75) is 77.2 Å². The average molecular weight is 353 g/mol. The molecule has 0 bridgehead atoms. The summed E-state index contributed by atoms with van der Waals surface area (Å²) in [6.45, 7) is 19.4. The van der Waals surface area contributed by atoms with E-state index in [9.17, 15) is 4.79 Å². The predicted molar refractivity (Wildman–Crippen MR) is 107 cm³/mol. The van der Waals surface area contributed by atoms with Crippen LogP contribution in [0.2, 0.25) is 0 Å². The summed E-state index contributed by atoms with van der Waals surface area (Å²) >= 11 is 3.37. The van der Waals surface area contributed by atoms with Crippen LogP contribution in [0.1, 0.15) is 58.2 Å². The number of thioether (sulfide) groups is 2. The number of carbonyl (C=O) groups excluding carboxylic acids is 1. The Kier molecular flexibility index (Phi) is 7.28. The molecule has 0 aliphatic heterocycles. The molecule has 23 heavy (non-hydrogen) atoms. The Bertz CT molecular complexity index is 532. The van der Waals surface area contributed by atoms with Gasteiger partial charge in [-0.25, -0.2) is 0 Å². The maximum Gasteiger partial charge on any atom is 0.193 e. The highest BCUT2D eigenvalue weighted by Gasteiger charge is 2.31. The smallest absolute Gasteiger partial charge is 0.193 e. The lowest BCUT2D eigenvalue weighted by Crippen LogP contribution is -2.28. The molecule has 3 heteroatoms. The van der Waals surface area contributed by atoms with E-state index in [1.54, 1.807) is 0 Å². The molecule has 0 amide bonds. The van der Waals surface area contributed by atoms with Crippen molar-refractivity contribution in [2.75, 3.05) is 0 Å². The minimum absolute atomic E-state index is 0.0206. The van der Waals surface area contributed by atoms with Gasteiger partial charge in [0.25, 0.3) is 0 Å². The van der Waals surface area contributed by atoms with Crippen molar-refractivity contribution in [1.82, 2.24) is 0 Å². The second kappa shape index (κ2) is 8.11. The molecule has 0 aliphatic rings. The molecule has 130 valence electrons. The van der Waals surface area contributed by atoms with E-state index >= 15 is 0 Å². The fourth-order valence-corrected chi connectivity index (χ4v) is 5.22. The number of rotatable bonds is 5. The fourth-order valence-electron chi connectivity index (χ4n) is 2.83. The van der Waals surface area contributed by atoms with E-state index in [2.05, 4.69) is 74.4 Å². The average Bonchev–Trinajstić information content (AvgIpc) is 2.34. The molecule has 0 saturated carbocycles. The Morgan fingerprint density at radius 2 is 1.48 bits per heavy atom. The van der Waals surface area contributed by atoms with Gasteiger partial charge < -0.3 is 0 Å². The molecule has 0 aromatic heterocycles. The van der Waals surface area contributed by atoms with Gasteiger partial charge in [0.2, 0.25) is 0 Å². The van der Waals surface area contributed by atoms with Crippen LogP contribution >= 0.6 is 23.5 Å². The van der Waals surface area contributed by atoms with Crippen LogP contribution in [-0.4, -0.2) is 15.1 Å². The highest BCUT2D eigenvalue weighted by atomic mass is 32.2. The van der Waals surface area contributed by atoms with Crippen LogP contribution in [0.25, 0.3) is 0 Å². The Morgan fingerprint density at radius 1 is 1.00 bits per heavy atom. The predicted octanol–water partition coefficient (Wildman–Crippen LogP) is 6.42. The van der Waals surface area contributed by atoms with Crippen molar-refractivity contribution in [3.05, 3.63) is 28.8 Å². The van der Waals surface area contributed by atoms with Gasteiger partial charge in [0.1, 0.15) is 0 Å². The van der Waals surface area contributed by atoms with Gasteiger partial charge in [-0.2, -0.15) is 0 Å². The van der Waals surface area contributed by atoms with Gasteiger partial charge in [-0.3, -0.25) is 4.79 Å². The second-order valence-corrected chi connectivity index (χ2v) is 10.9. The van der Waals surface area contributed by atoms with Gasteiger partial charge in [0, 0.05) is 20.8 Å². The van der Waals surface area contributed by atoms with Crippen molar-refractivity contribution in [1.29, 1.82) is 0 Å². The Morgan fingerprint density at radius 3 is 1.87 bits per heavy atom. The molecule has 1 nitrogen and oxygen atoms in total. The quantitative estimate of drug-likeness (QED) is 0.569. The molecule has 0 radical (unpaired) electrons. The van der Waals surface area contributed by atoms with Gasteiger partial charge in [-0.1, -0.05) is 71.0 Å². The summed E-state index contributed by atoms with van der Waals surface area (Å²) in [5.74, 6) is 0.504. The SMILES string of the molecule is Cc1cc(C)c(S[C@H](C(C)C)[C@@H](C)C(=O)SC(C)(C)C)c(C)c1. The van der Waals surface area contributed by atoms with E-state index in [0.29, 0.717) is 16.3 Å². The van der Waals surface area contributed by atoms with Crippen LogP contribution in [0.5, 0.6) is 0 Å². The van der Waals surface area contributed by atoms with E-state index in [-0.39, 0.29) is 10.7 Å². The lowest BCUT2D eigenvalue weighted by molar-refractivity contribution is -0.114. The van der Waals surface area contributed by atoms with Crippen molar-refractivity contribution in [2.24, 2.45) is 11.8 Å². The van der Waals surface area contributed by atoms with Crippen LogP contribution < -0.4 is 0 Å². The van der Waals surface area contributed by atoms with E-state index in [1.165, 1.54) is 33.3 Å². The minimum atomic E-state index is -0.0206. The highest BCUT2D eigenvalue weighted by molar-refractivity contribution is 8.14. The minimum Gasteiger partial charge on any atom is -0.287 e. The Balaban J connectivity index is 3.02. The summed E-state index contributed by atoms with van der Waals surface area (Å²) in [5, 5.41) is 0.614. The first-order chi connectivity index (χ1) is 10.4. The highest BCUT2D eigenvalue weighted by Crippen LogP contribution is 2.40. The van der Waals surface area contributed by atoms with Crippen LogP contribution in [0.15, 0.2) is 17.0 Å². The molecule has 0 aliphatic carbocycles. The summed E-state index contributed by atoms with van der Waals surface area (Å²) in [4.78, 5) is 14.0. The number of carbonyl (C=O) groups is 1. The molecule has 0 fully saturated rings. The first-order valence-electron chi connectivity index (χ1n) is 8.39. The van der Waals surface area contributed by atoms with Gasteiger partial charge in [0.05, 0.1) is 0 Å². The van der Waals surface area contributed by atoms with Crippen LogP contribution in [0.3, 0.4) is 0 Å². The monoisotopic (exact) mass is 352 g/mol. The largest absolute Gasteiger partial charge is 0.287 e. The zero-order valence-electron chi connectivity index (χ0n) is 16.1. The molecule has 0 heterocycles. The topological polar surface area (TPSA) is 17.1 Å². The lowest BCUT2D eigenvalue weighted by Gasteiger charge is -2.29. The first kappa shape index (κ1) is 20.6. The zero-order chi connectivity index (χ0) is 17.9. The summed E-state index contributed by atoms with van der Waals surface area (Å²) in [5.41, 5.74) is 3.94. The Hall–Kier alpha value is -0.410. The van der Waals surface area contributed by atoms with Crippen LogP contribution in [0, 0.1) is 32.6 Å². The number of aryl methyl sites for hydroxylation is 3. The lowest BCUT2D eigenvalue weighted by atomic mass is 9.99. The third-order valence-electron chi connectivity index (χ3n) is 3.79. The maximum atomic E-state index is 12.7. The normalized spacial score (nSPS) is 14.9. The van der Waals surface area contributed by atoms with Crippen molar-refractivity contribution >= 4 is 28.6 Å². The van der Waals surface area contributed by atoms with Crippen LogP contribution in [0.4, 0.5) is 0 Å². The number of benzene rings is 1. The molecule has 1 rings (SSSR count).